The molecule has 0 spiro atoms. The second-order valence-corrected chi connectivity index (χ2v) is 9.03. The van der Waals surface area contributed by atoms with Gasteiger partial charge in [0.1, 0.15) is 5.82 Å². The SMILES string of the molecule is CCOC(=O)CCCc1ccc(C(NS(=O)(=O)c2ccc(F)cc2)c2ccccc2)cc1. The molecule has 0 saturated heterocycles. The average Bonchev–Trinajstić information content (AvgIpc) is 2.79. The molecule has 32 heavy (non-hydrogen) atoms. The van der Waals surface area contributed by atoms with E-state index in [1.807, 2.05) is 54.6 Å². The normalized spacial score (nSPS) is 12.3. The average molecular weight is 456 g/mol. The van der Waals surface area contributed by atoms with Crippen molar-refractivity contribution in [1.29, 1.82) is 0 Å². The Balaban J connectivity index is 1.79. The van der Waals surface area contributed by atoms with E-state index in [0.717, 1.165) is 35.2 Å². The number of rotatable bonds is 10. The summed E-state index contributed by atoms with van der Waals surface area (Å²) >= 11 is 0. The number of carbonyl (C=O) groups is 1. The van der Waals surface area contributed by atoms with Crippen LogP contribution in [0.4, 0.5) is 4.39 Å². The Hall–Kier alpha value is -3.03. The van der Waals surface area contributed by atoms with Crippen molar-refractivity contribution < 1.29 is 22.3 Å². The second kappa shape index (κ2) is 11.0. The van der Waals surface area contributed by atoms with E-state index < -0.39 is 21.9 Å². The molecular weight excluding hydrogens is 429 g/mol. The van der Waals surface area contributed by atoms with Gasteiger partial charge in [-0.25, -0.2) is 12.8 Å². The van der Waals surface area contributed by atoms with Crippen molar-refractivity contribution in [3.63, 3.8) is 0 Å². The van der Waals surface area contributed by atoms with Crippen molar-refractivity contribution in [1.82, 2.24) is 4.72 Å². The van der Waals surface area contributed by atoms with E-state index >= 15 is 0 Å². The lowest BCUT2D eigenvalue weighted by Crippen LogP contribution is -2.29. The van der Waals surface area contributed by atoms with Crippen LogP contribution in [0.1, 0.15) is 42.5 Å². The summed E-state index contributed by atoms with van der Waals surface area (Å²) < 4.78 is 46.8. The number of benzene rings is 3. The number of aryl methyl sites for hydroxylation is 1. The van der Waals surface area contributed by atoms with Crippen molar-refractivity contribution in [2.24, 2.45) is 0 Å². The second-order valence-electron chi connectivity index (χ2n) is 7.32. The zero-order valence-corrected chi connectivity index (χ0v) is 18.6. The summed E-state index contributed by atoms with van der Waals surface area (Å²) in [6, 6.07) is 21.0. The van der Waals surface area contributed by atoms with Gasteiger partial charge in [0, 0.05) is 6.42 Å². The smallest absolute Gasteiger partial charge is 0.305 e. The summed E-state index contributed by atoms with van der Waals surface area (Å²) in [5, 5.41) is 0. The molecule has 3 aromatic rings. The quantitative estimate of drug-likeness (QED) is 0.447. The molecule has 3 rings (SSSR count). The molecule has 7 heteroatoms. The van der Waals surface area contributed by atoms with Crippen molar-refractivity contribution in [2.45, 2.75) is 37.1 Å². The maximum atomic E-state index is 13.2. The molecule has 0 aromatic heterocycles. The molecule has 1 atom stereocenters. The van der Waals surface area contributed by atoms with Crippen LogP contribution in [0, 0.1) is 5.82 Å². The van der Waals surface area contributed by atoms with E-state index in [1.165, 1.54) is 12.1 Å². The van der Waals surface area contributed by atoms with Gasteiger partial charge in [0.15, 0.2) is 0 Å². The first kappa shape index (κ1) is 23.6. The number of halogens is 1. The number of esters is 1. The minimum atomic E-state index is -3.88. The number of sulfonamides is 1. The molecule has 0 fully saturated rings. The minimum Gasteiger partial charge on any atom is -0.466 e. The summed E-state index contributed by atoms with van der Waals surface area (Å²) in [4.78, 5) is 11.5. The van der Waals surface area contributed by atoms with Crippen LogP contribution in [0.5, 0.6) is 0 Å². The lowest BCUT2D eigenvalue weighted by Gasteiger charge is -2.20. The van der Waals surface area contributed by atoms with E-state index in [-0.39, 0.29) is 10.9 Å². The molecule has 0 aliphatic rings. The van der Waals surface area contributed by atoms with Crippen molar-refractivity contribution in [2.75, 3.05) is 6.61 Å². The zero-order valence-electron chi connectivity index (χ0n) is 17.8. The molecular formula is C25H26FNO4S. The summed E-state index contributed by atoms with van der Waals surface area (Å²) in [6.07, 6.45) is 1.76. The molecule has 5 nitrogen and oxygen atoms in total. The summed E-state index contributed by atoms with van der Waals surface area (Å²) in [7, 11) is -3.88. The first-order valence-electron chi connectivity index (χ1n) is 10.5. The summed E-state index contributed by atoms with van der Waals surface area (Å²) in [5.74, 6) is -0.703. The van der Waals surface area contributed by atoms with Crippen LogP contribution < -0.4 is 4.72 Å². The van der Waals surface area contributed by atoms with E-state index in [0.29, 0.717) is 19.4 Å². The summed E-state index contributed by atoms with van der Waals surface area (Å²) in [5.41, 5.74) is 2.61. The van der Waals surface area contributed by atoms with Crippen LogP contribution >= 0.6 is 0 Å². The minimum absolute atomic E-state index is 0.00424. The molecule has 0 radical (unpaired) electrons. The fourth-order valence-corrected chi connectivity index (χ4v) is 4.57. The first-order valence-corrected chi connectivity index (χ1v) is 11.9. The van der Waals surface area contributed by atoms with Gasteiger partial charge in [0.25, 0.3) is 0 Å². The van der Waals surface area contributed by atoms with Crippen LogP contribution in [0.25, 0.3) is 0 Å². The standard InChI is InChI=1S/C25H26FNO4S/c1-2-31-24(28)10-6-7-19-11-13-21(14-12-19)25(20-8-4-3-5-9-20)27-32(29,30)23-17-15-22(26)16-18-23/h3-5,8-9,11-18,25,27H,2,6-7,10H2,1H3. The molecule has 1 unspecified atom stereocenters. The zero-order chi connectivity index (χ0) is 23.0. The van der Waals surface area contributed by atoms with E-state index in [4.69, 9.17) is 4.74 Å². The number of carbonyl (C=O) groups excluding carboxylic acids is 1. The number of hydrogen-bond donors (Lipinski definition) is 1. The Kier molecular flexibility index (Phi) is 8.14. The fraction of sp³-hybridized carbons (Fsp3) is 0.240. The van der Waals surface area contributed by atoms with Gasteiger partial charge >= 0.3 is 5.97 Å². The highest BCUT2D eigenvalue weighted by molar-refractivity contribution is 7.89. The third kappa shape index (κ3) is 6.48. The largest absolute Gasteiger partial charge is 0.466 e. The fourth-order valence-electron chi connectivity index (χ4n) is 3.36. The number of nitrogens with one attached hydrogen (secondary N) is 1. The third-order valence-electron chi connectivity index (χ3n) is 4.99. The van der Waals surface area contributed by atoms with Crippen LogP contribution in [0.15, 0.2) is 83.8 Å². The predicted octanol–water partition coefficient (Wildman–Crippen LogP) is 4.78. The van der Waals surface area contributed by atoms with Gasteiger partial charge in [-0.1, -0.05) is 54.6 Å². The van der Waals surface area contributed by atoms with Crippen LogP contribution in [-0.4, -0.2) is 21.0 Å². The van der Waals surface area contributed by atoms with Gasteiger partial charge < -0.3 is 4.74 Å². The Morgan fingerprint density at radius 1 is 0.938 bits per heavy atom. The number of ether oxygens (including phenoxy) is 1. The highest BCUT2D eigenvalue weighted by atomic mass is 32.2. The molecule has 0 aliphatic carbocycles. The molecule has 0 heterocycles. The topological polar surface area (TPSA) is 72.5 Å². The van der Waals surface area contributed by atoms with Crippen LogP contribution in [-0.2, 0) is 26.0 Å². The molecule has 168 valence electrons. The molecule has 1 N–H and O–H groups in total. The Morgan fingerprint density at radius 2 is 1.56 bits per heavy atom. The van der Waals surface area contributed by atoms with Gasteiger partial charge in [-0.05, 0) is 60.7 Å². The Bertz CT molecular complexity index is 1110. The van der Waals surface area contributed by atoms with Crippen LogP contribution in [0.3, 0.4) is 0 Å². The lowest BCUT2D eigenvalue weighted by atomic mass is 9.97. The highest BCUT2D eigenvalue weighted by Crippen LogP contribution is 2.25. The van der Waals surface area contributed by atoms with Gasteiger partial charge in [-0.3, -0.25) is 4.79 Å². The van der Waals surface area contributed by atoms with E-state index in [2.05, 4.69) is 4.72 Å². The Morgan fingerprint density at radius 3 is 2.19 bits per heavy atom. The van der Waals surface area contributed by atoms with Crippen molar-refractivity contribution in [3.8, 4) is 0 Å². The first-order chi connectivity index (χ1) is 15.4. The third-order valence-corrected chi connectivity index (χ3v) is 6.43. The van der Waals surface area contributed by atoms with Gasteiger partial charge in [-0.15, -0.1) is 0 Å². The predicted molar refractivity (Wildman–Crippen MR) is 121 cm³/mol. The van der Waals surface area contributed by atoms with E-state index in [9.17, 15) is 17.6 Å². The van der Waals surface area contributed by atoms with Crippen molar-refractivity contribution >= 4 is 16.0 Å². The van der Waals surface area contributed by atoms with Crippen molar-refractivity contribution in [3.05, 3.63) is 101 Å². The van der Waals surface area contributed by atoms with Crippen LogP contribution in [0.2, 0.25) is 0 Å². The van der Waals surface area contributed by atoms with Gasteiger partial charge in [0.2, 0.25) is 10.0 Å². The Labute approximate surface area is 188 Å². The highest BCUT2D eigenvalue weighted by Gasteiger charge is 2.23. The lowest BCUT2D eigenvalue weighted by molar-refractivity contribution is -0.143. The molecule has 0 amide bonds. The molecule has 0 bridgehead atoms. The maximum Gasteiger partial charge on any atom is 0.305 e. The number of hydrogen-bond acceptors (Lipinski definition) is 4. The molecule has 0 aliphatic heterocycles. The molecule has 0 saturated carbocycles. The monoisotopic (exact) mass is 455 g/mol. The van der Waals surface area contributed by atoms with E-state index in [1.54, 1.807) is 6.92 Å². The summed E-state index contributed by atoms with van der Waals surface area (Å²) in [6.45, 7) is 2.16. The van der Waals surface area contributed by atoms with Gasteiger partial charge in [0.05, 0.1) is 17.5 Å². The maximum absolute atomic E-state index is 13.2. The van der Waals surface area contributed by atoms with Gasteiger partial charge in [-0.2, -0.15) is 4.72 Å². The molecule has 3 aromatic carbocycles.